The SMILES string of the molecule is CCCCCCCCCCCCCCCCS(=O)(=O)CC(CO[C@@H]1O[C@H](C)[C@@H](O[C@@H]2O[C@H](COC(=O)c3ccc(OC)cc3)[C@H](O[C@H]3O[C@H](COC(C)=O)[C@@H](OC(C)=O)[C@H](OC(C)=O)[C@H]3OC(C)=O)[C@H](OC(=O)c3ccccc3)[C@H]2OC(=O)c2ccccc2)[C@H](OC(=O)c2ccccc2)[C@H]1OC(=O)c1ccccc1)CS(=O)(=O)CCCCCCCCCCCCCCCC. The Bertz CT molecular complexity index is 4360. The summed E-state index contributed by atoms with van der Waals surface area (Å²) in [6.07, 6.45) is -0.0165. The van der Waals surface area contributed by atoms with E-state index in [0.29, 0.717) is 31.4 Å². The van der Waals surface area contributed by atoms with Crippen molar-refractivity contribution in [1.82, 2.24) is 0 Å². The third kappa shape index (κ3) is 36.8. The molecule has 3 aliphatic rings. The van der Waals surface area contributed by atoms with Crippen LogP contribution in [0.25, 0.3) is 0 Å². The molecule has 129 heavy (non-hydrogen) atoms. The van der Waals surface area contributed by atoms with Gasteiger partial charge in [-0.2, -0.15) is 0 Å². The van der Waals surface area contributed by atoms with E-state index < -0.39 is 203 Å². The number of carbonyl (C=O) groups excluding carboxylic acids is 9. The zero-order valence-electron chi connectivity index (χ0n) is 76.0. The summed E-state index contributed by atoms with van der Waals surface area (Å²) < 4.78 is 160. The Kier molecular flexibility index (Phi) is 46.1. The van der Waals surface area contributed by atoms with Gasteiger partial charge in [0, 0.05) is 33.6 Å². The maximum Gasteiger partial charge on any atom is 0.338 e. The number of benzene rings is 5. The van der Waals surface area contributed by atoms with E-state index in [1.807, 2.05) is 0 Å². The molecular weight excluding hydrogens is 1710 g/mol. The van der Waals surface area contributed by atoms with Gasteiger partial charge >= 0.3 is 53.7 Å². The van der Waals surface area contributed by atoms with Crippen LogP contribution in [0, 0.1) is 5.92 Å². The summed E-state index contributed by atoms with van der Waals surface area (Å²) in [7, 11) is -6.64. The largest absolute Gasteiger partial charge is 0.497 e. The third-order valence-corrected chi connectivity index (χ3v) is 26.4. The first-order chi connectivity index (χ1) is 62.2. The molecule has 3 saturated heterocycles. The van der Waals surface area contributed by atoms with Gasteiger partial charge in [0.15, 0.2) is 81.3 Å². The number of unbranched alkanes of at least 4 members (excludes halogenated alkanes) is 26. The molecule has 0 bridgehead atoms. The number of carbonyl (C=O) groups is 9. The molecule has 712 valence electrons. The number of sulfone groups is 2. The van der Waals surface area contributed by atoms with Gasteiger partial charge in [0.2, 0.25) is 0 Å². The fourth-order valence-electron chi connectivity index (χ4n) is 16.0. The molecule has 31 heteroatoms. The summed E-state index contributed by atoms with van der Waals surface area (Å²) in [4.78, 5) is 128. The maximum absolute atomic E-state index is 15.2. The van der Waals surface area contributed by atoms with Gasteiger partial charge in [0.25, 0.3) is 0 Å². The average Bonchev–Trinajstić information content (AvgIpc) is 0.751. The van der Waals surface area contributed by atoms with Crippen LogP contribution in [0.1, 0.15) is 280 Å². The molecule has 5 aromatic rings. The van der Waals surface area contributed by atoms with Crippen molar-refractivity contribution >= 4 is 73.4 Å². The van der Waals surface area contributed by atoms with Crippen LogP contribution in [0.3, 0.4) is 0 Å². The number of rotatable bonds is 58. The normalized spacial score (nSPS) is 22.2. The fourth-order valence-corrected chi connectivity index (χ4v) is 19.7. The molecule has 0 spiro atoms. The lowest BCUT2D eigenvalue weighted by molar-refractivity contribution is -0.375. The summed E-state index contributed by atoms with van der Waals surface area (Å²) in [5.74, 6) is -12.0. The minimum absolute atomic E-state index is 0.0381. The zero-order valence-corrected chi connectivity index (χ0v) is 77.6. The Morgan fingerprint density at radius 3 is 0.992 bits per heavy atom. The molecule has 0 unspecified atom stereocenters. The van der Waals surface area contributed by atoms with Gasteiger partial charge < -0.3 is 75.8 Å². The van der Waals surface area contributed by atoms with E-state index in [1.165, 1.54) is 201 Å². The topological polar surface area (TPSA) is 370 Å². The van der Waals surface area contributed by atoms with Crippen LogP contribution in [-0.4, -0.2) is 213 Å². The van der Waals surface area contributed by atoms with Crippen LogP contribution in [0.2, 0.25) is 0 Å². The van der Waals surface area contributed by atoms with Crippen molar-refractivity contribution in [3.8, 4) is 5.75 Å². The Hall–Kier alpha value is -9.21. The summed E-state index contributed by atoms with van der Waals surface area (Å²) in [5.41, 5.74) is -0.364. The van der Waals surface area contributed by atoms with Crippen molar-refractivity contribution < 1.29 is 136 Å². The highest BCUT2D eigenvalue weighted by Crippen LogP contribution is 2.40. The summed E-state index contributed by atoms with van der Waals surface area (Å²) >= 11 is 0. The molecule has 5 aromatic carbocycles. The van der Waals surface area contributed by atoms with E-state index in [-0.39, 0.29) is 39.3 Å². The van der Waals surface area contributed by atoms with Gasteiger partial charge in [-0.3, -0.25) is 19.2 Å². The number of ether oxygens (including phenoxy) is 16. The molecule has 3 aliphatic heterocycles. The second-order valence-corrected chi connectivity index (χ2v) is 37.9. The Balaban J connectivity index is 1.21. The molecule has 0 saturated carbocycles. The first-order valence-corrected chi connectivity index (χ1v) is 49.6. The molecule has 29 nitrogen and oxygen atoms in total. The lowest BCUT2D eigenvalue weighted by Gasteiger charge is -2.50. The Morgan fingerprint density at radius 2 is 0.620 bits per heavy atom. The zero-order chi connectivity index (χ0) is 92.9. The van der Waals surface area contributed by atoms with Crippen molar-refractivity contribution in [3.05, 3.63) is 173 Å². The Labute approximate surface area is 760 Å². The van der Waals surface area contributed by atoms with E-state index in [1.54, 1.807) is 48.5 Å². The summed E-state index contributed by atoms with van der Waals surface area (Å²) in [6, 6.07) is 35.8. The van der Waals surface area contributed by atoms with Crippen LogP contribution in [0.5, 0.6) is 5.75 Å². The third-order valence-electron chi connectivity index (χ3n) is 22.7. The lowest BCUT2D eigenvalue weighted by Crippen LogP contribution is -2.68. The molecule has 0 aromatic heterocycles. The highest BCUT2D eigenvalue weighted by atomic mass is 32.2. The minimum Gasteiger partial charge on any atom is -0.497 e. The predicted molar refractivity (Wildman–Crippen MR) is 478 cm³/mol. The van der Waals surface area contributed by atoms with Gasteiger partial charge in [-0.15, -0.1) is 0 Å². The second kappa shape index (κ2) is 56.5. The maximum atomic E-state index is 15.2. The van der Waals surface area contributed by atoms with Crippen LogP contribution >= 0.6 is 0 Å². The fraction of sp³-hybridized carbons (Fsp3) is 0.602. The van der Waals surface area contributed by atoms with Crippen LogP contribution in [0.15, 0.2) is 146 Å². The van der Waals surface area contributed by atoms with E-state index in [2.05, 4.69) is 13.8 Å². The molecule has 0 amide bonds. The monoisotopic (exact) mass is 1840 g/mol. The van der Waals surface area contributed by atoms with Crippen molar-refractivity contribution in [2.24, 2.45) is 5.92 Å². The molecule has 3 fully saturated rings. The van der Waals surface area contributed by atoms with Gasteiger partial charge in [-0.05, 0) is 92.6 Å². The van der Waals surface area contributed by atoms with E-state index in [4.69, 9.17) is 75.8 Å². The molecule has 0 aliphatic carbocycles. The summed E-state index contributed by atoms with van der Waals surface area (Å²) in [6.45, 7) is 7.55. The van der Waals surface area contributed by atoms with Gasteiger partial charge in [0.05, 0.1) is 70.6 Å². The van der Waals surface area contributed by atoms with Crippen molar-refractivity contribution in [2.45, 2.75) is 320 Å². The average molecular weight is 1840 g/mol. The number of hydrogen-bond donors (Lipinski definition) is 0. The number of methoxy groups -OCH3 is 1. The van der Waals surface area contributed by atoms with E-state index in [0.717, 1.165) is 91.9 Å². The summed E-state index contributed by atoms with van der Waals surface area (Å²) in [5, 5.41) is 0. The van der Waals surface area contributed by atoms with Crippen LogP contribution < -0.4 is 4.74 Å². The highest BCUT2D eigenvalue weighted by molar-refractivity contribution is 7.92. The molecule has 8 rings (SSSR count). The van der Waals surface area contributed by atoms with Crippen molar-refractivity contribution in [1.29, 1.82) is 0 Å². The number of esters is 9. The smallest absolute Gasteiger partial charge is 0.338 e. The quantitative estimate of drug-likeness (QED) is 0.0198. The highest BCUT2D eigenvalue weighted by Gasteiger charge is 2.60. The molecule has 15 atom stereocenters. The molecule has 3 heterocycles. The molecule has 0 N–H and O–H groups in total. The lowest BCUT2D eigenvalue weighted by atomic mass is 9.95. The molecule has 0 radical (unpaired) electrons. The van der Waals surface area contributed by atoms with Gasteiger partial charge in [-0.1, -0.05) is 254 Å². The van der Waals surface area contributed by atoms with E-state index >= 15 is 19.2 Å². The minimum atomic E-state index is -4.02. The van der Waals surface area contributed by atoms with Gasteiger partial charge in [0.1, 0.15) is 43.4 Å². The number of hydrogen-bond acceptors (Lipinski definition) is 29. The predicted octanol–water partition coefficient (Wildman–Crippen LogP) is 16.5. The van der Waals surface area contributed by atoms with E-state index in [9.17, 15) is 40.8 Å². The van der Waals surface area contributed by atoms with Crippen LogP contribution in [0.4, 0.5) is 0 Å². The van der Waals surface area contributed by atoms with Crippen LogP contribution in [-0.2, 0) is 110 Å². The Morgan fingerprint density at radius 1 is 0.318 bits per heavy atom. The van der Waals surface area contributed by atoms with Gasteiger partial charge in [-0.25, -0.2) is 40.8 Å². The molecular formula is C98H134O29S2. The first kappa shape index (κ1) is 105. The van der Waals surface area contributed by atoms with Crippen molar-refractivity contribution in [3.63, 3.8) is 0 Å². The van der Waals surface area contributed by atoms with Crippen molar-refractivity contribution in [2.75, 3.05) is 49.9 Å². The first-order valence-electron chi connectivity index (χ1n) is 46.0. The second-order valence-electron chi connectivity index (χ2n) is 33.4. The standard InChI is InChI=1S/C98H134O29S2/c1-9-11-13-15-17-19-21-23-25-27-29-31-33-47-61-128(108,109)66-73(67-129(110,111)62-48-34-32-30-28-26-24-22-20-18-16-14-12-10-2)63-115-96-88(124-94(106)76-53-43-37-44-54-76)85(122-92(104)74-49-39-35-40-50-74)82(68(3)116-96)126-98-90(125-95(107)77-55-45-38-46-56-77)87(123-93(105)75-51-41-36-42-52-75)84(81(121-98)65-114-91(103)78-57-59-79(112-8)60-58-78)127-97-89(119-72(7)102)86(118-71(6)101)83(117-70(5)100)80(120-97)64-113-69(4)99/h35-46,49-60,68,73,80-90,96-98H,9-34,47-48,61-67H2,1-8H3/t68-,80-,81-,82-,83-,84+,85+,86+,87+,88-,89-,90-,96-,97-,98+/m1/s1.